The highest BCUT2D eigenvalue weighted by Crippen LogP contribution is 2.24. The Morgan fingerprint density at radius 2 is 1.71 bits per heavy atom. The third-order valence-electron chi connectivity index (χ3n) is 2.58. The zero-order chi connectivity index (χ0) is 15.5. The fourth-order valence-corrected chi connectivity index (χ4v) is 2.95. The van der Waals surface area contributed by atoms with Crippen molar-refractivity contribution in [3.63, 3.8) is 0 Å². The minimum absolute atomic E-state index is 0.156. The van der Waals surface area contributed by atoms with E-state index in [1.807, 2.05) is 0 Å². The average molecular weight is 313 g/mol. The first-order chi connectivity index (χ1) is 9.94. The zero-order valence-corrected chi connectivity index (χ0v) is 12.0. The molecule has 0 spiro atoms. The fraction of sp³-hybridized carbons (Fsp3) is 0.143. The van der Waals surface area contributed by atoms with Crippen molar-refractivity contribution in [2.75, 3.05) is 11.3 Å². The van der Waals surface area contributed by atoms with E-state index in [1.54, 1.807) is 19.1 Å². The van der Waals surface area contributed by atoms with Crippen LogP contribution in [0.15, 0.2) is 47.4 Å². The number of ether oxygens (including phenoxy) is 1. The molecule has 0 aliphatic carbocycles. The largest absolute Gasteiger partial charge is 0.494 e. The number of nitrogens with one attached hydrogen (secondary N) is 1. The van der Waals surface area contributed by atoms with Gasteiger partial charge in [0.15, 0.2) is 4.90 Å². The molecule has 2 rings (SSSR count). The molecule has 112 valence electrons. The van der Waals surface area contributed by atoms with E-state index in [4.69, 9.17) is 4.74 Å². The second-order valence-corrected chi connectivity index (χ2v) is 5.74. The van der Waals surface area contributed by atoms with Gasteiger partial charge in [-0.3, -0.25) is 4.72 Å². The van der Waals surface area contributed by atoms with Gasteiger partial charge in [-0.25, -0.2) is 17.2 Å². The topological polar surface area (TPSA) is 55.4 Å². The summed E-state index contributed by atoms with van der Waals surface area (Å²) in [5.41, 5.74) is 0.156. The lowest BCUT2D eigenvalue weighted by Crippen LogP contribution is -2.16. The normalized spacial score (nSPS) is 11.2. The van der Waals surface area contributed by atoms with Crippen LogP contribution in [-0.2, 0) is 10.0 Å². The van der Waals surface area contributed by atoms with E-state index in [2.05, 4.69) is 4.72 Å². The molecular formula is C14H13F2NO3S. The zero-order valence-electron chi connectivity index (χ0n) is 11.1. The van der Waals surface area contributed by atoms with Crippen LogP contribution in [0.5, 0.6) is 5.75 Å². The monoisotopic (exact) mass is 313 g/mol. The molecule has 0 atom stereocenters. The van der Waals surface area contributed by atoms with Gasteiger partial charge in [0.05, 0.1) is 12.3 Å². The Morgan fingerprint density at radius 1 is 1.10 bits per heavy atom. The van der Waals surface area contributed by atoms with Crippen molar-refractivity contribution in [1.29, 1.82) is 0 Å². The Morgan fingerprint density at radius 3 is 2.33 bits per heavy atom. The van der Waals surface area contributed by atoms with Crippen molar-refractivity contribution in [3.8, 4) is 5.75 Å². The smallest absolute Gasteiger partial charge is 0.267 e. The Hall–Kier alpha value is -2.15. The van der Waals surface area contributed by atoms with Crippen molar-refractivity contribution in [1.82, 2.24) is 0 Å². The summed E-state index contributed by atoms with van der Waals surface area (Å²) in [5, 5.41) is 0. The summed E-state index contributed by atoms with van der Waals surface area (Å²) in [7, 11) is -4.36. The quantitative estimate of drug-likeness (QED) is 0.922. The molecule has 4 nitrogen and oxygen atoms in total. The number of hydrogen-bond donors (Lipinski definition) is 1. The molecule has 0 aromatic heterocycles. The summed E-state index contributed by atoms with van der Waals surface area (Å²) in [6.45, 7) is 2.20. The first kappa shape index (κ1) is 15.2. The number of anilines is 1. The van der Waals surface area contributed by atoms with Gasteiger partial charge in [0, 0.05) is 6.07 Å². The summed E-state index contributed by atoms with van der Waals surface area (Å²) < 4.78 is 58.6. The van der Waals surface area contributed by atoms with E-state index >= 15 is 0 Å². The molecule has 0 bridgehead atoms. The van der Waals surface area contributed by atoms with Gasteiger partial charge in [0.2, 0.25) is 0 Å². The van der Waals surface area contributed by atoms with Crippen molar-refractivity contribution in [2.45, 2.75) is 11.8 Å². The predicted molar refractivity (Wildman–Crippen MR) is 74.8 cm³/mol. The van der Waals surface area contributed by atoms with Crippen LogP contribution in [-0.4, -0.2) is 15.0 Å². The van der Waals surface area contributed by atoms with Crippen LogP contribution in [0.3, 0.4) is 0 Å². The lowest BCUT2D eigenvalue weighted by atomic mass is 10.3. The van der Waals surface area contributed by atoms with Crippen molar-refractivity contribution in [2.24, 2.45) is 0 Å². The first-order valence-corrected chi connectivity index (χ1v) is 7.62. The minimum Gasteiger partial charge on any atom is -0.494 e. The molecular weight excluding hydrogens is 300 g/mol. The van der Waals surface area contributed by atoms with E-state index in [0.717, 1.165) is 18.2 Å². The van der Waals surface area contributed by atoms with Crippen molar-refractivity contribution < 1.29 is 21.9 Å². The summed E-state index contributed by atoms with van der Waals surface area (Å²) in [4.78, 5) is -1.01. The minimum atomic E-state index is -4.36. The lowest BCUT2D eigenvalue weighted by molar-refractivity contribution is 0.340. The van der Waals surface area contributed by atoms with Gasteiger partial charge in [-0.05, 0) is 31.2 Å². The van der Waals surface area contributed by atoms with Crippen LogP contribution >= 0.6 is 0 Å². The number of rotatable bonds is 5. The van der Waals surface area contributed by atoms with E-state index < -0.39 is 26.6 Å². The second-order valence-electron chi connectivity index (χ2n) is 4.12. The van der Waals surface area contributed by atoms with Crippen LogP contribution < -0.4 is 9.46 Å². The third-order valence-corrected chi connectivity index (χ3v) is 4.02. The number of hydrogen-bond acceptors (Lipinski definition) is 3. The molecule has 0 unspecified atom stereocenters. The van der Waals surface area contributed by atoms with Gasteiger partial charge in [0.25, 0.3) is 10.0 Å². The average Bonchev–Trinajstić information content (AvgIpc) is 2.38. The number of halogens is 2. The third kappa shape index (κ3) is 3.49. The predicted octanol–water partition coefficient (Wildman–Crippen LogP) is 3.16. The Kier molecular flexibility index (Phi) is 4.42. The highest BCUT2D eigenvalue weighted by atomic mass is 32.2. The van der Waals surface area contributed by atoms with Crippen LogP contribution in [0.1, 0.15) is 6.92 Å². The van der Waals surface area contributed by atoms with Gasteiger partial charge in [0.1, 0.15) is 17.4 Å². The lowest BCUT2D eigenvalue weighted by Gasteiger charge is -2.11. The molecule has 21 heavy (non-hydrogen) atoms. The maximum absolute atomic E-state index is 13.6. The van der Waals surface area contributed by atoms with Crippen LogP contribution in [0.4, 0.5) is 14.5 Å². The van der Waals surface area contributed by atoms with Gasteiger partial charge in [-0.15, -0.1) is 0 Å². The summed E-state index contributed by atoms with van der Waals surface area (Å²) >= 11 is 0. The fourth-order valence-electron chi connectivity index (χ4n) is 1.76. The first-order valence-electron chi connectivity index (χ1n) is 6.13. The van der Waals surface area contributed by atoms with E-state index in [9.17, 15) is 17.2 Å². The highest BCUT2D eigenvalue weighted by molar-refractivity contribution is 7.92. The molecule has 0 saturated heterocycles. The maximum Gasteiger partial charge on any atom is 0.267 e. The molecule has 2 aromatic rings. The molecule has 0 saturated carbocycles. The van der Waals surface area contributed by atoms with Gasteiger partial charge >= 0.3 is 0 Å². The van der Waals surface area contributed by atoms with E-state index in [0.29, 0.717) is 12.4 Å². The van der Waals surface area contributed by atoms with Crippen molar-refractivity contribution in [3.05, 3.63) is 54.1 Å². The molecule has 2 aromatic carbocycles. The molecule has 0 fully saturated rings. The number of benzene rings is 2. The molecule has 1 N–H and O–H groups in total. The standard InChI is InChI=1S/C14H13F2NO3S/c1-2-20-11-6-3-5-10(9-11)17-21(18,19)14-12(15)7-4-8-13(14)16/h3-9,17H,2H2,1H3. The maximum atomic E-state index is 13.6. The van der Waals surface area contributed by atoms with Crippen LogP contribution in [0.25, 0.3) is 0 Å². The molecule has 0 aliphatic heterocycles. The molecule has 0 heterocycles. The Balaban J connectivity index is 2.36. The van der Waals surface area contributed by atoms with E-state index in [1.165, 1.54) is 12.1 Å². The molecule has 0 radical (unpaired) electrons. The number of sulfonamides is 1. The molecule has 7 heteroatoms. The summed E-state index contributed by atoms with van der Waals surface area (Å²) in [6, 6.07) is 8.96. The van der Waals surface area contributed by atoms with Crippen LogP contribution in [0.2, 0.25) is 0 Å². The molecule has 0 amide bonds. The summed E-state index contributed by atoms with van der Waals surface area (Å²) in [6.07, 6.45) is 0. The van der Waals surface area contributed by atoms with Gasteiger partial charge < -0.3 is 4.74 Å². The SMILES string of the molecule is CCOc1cccc(NS(=O)(=O)c2c(F)cccc2F)c1. The highest BCUT2D eigenvalue weighted by Gasteiger charge is 2.23. The van der Waals surface area contributed by atoms with E-state index in [-0.39, 0.29) is 5.69 Å². The van der Waals surface area contributed by atoms with Crippen LogP contribution in [0, 0.1) is 11.6 Å². The summed E-state index contributed by atoms with van der Waals surface area (Å²) in [5.74, 6) is -1.85. The Bertz CT molecular complexity index is 727. The van der Waals surface area contributed by atoms with Gasteiger partial charge in [-0.1, -0.05) is 12.1 Å². The Labute approximate surface area is 121 Å². The second kappa shape index (κ2) is 6.09. The molecule has 0 aliphatic rings. The van der Waals surface area contributed by atoms with Crippen molar-refractivity contribution >= 4 is 15.7 Å². The van der Waals surface area contributed by atoms with Gasteiger partial charge in [-0.2, -0.15) is 0 Å².